The molecule has 0 aromatic heterocycles. The maximum atomic E-state index is 13.3. The second-order valence-electron chi connectivity index (χ2n) is 9.48. The van der Waals surface area contributed by atoms with Gasteiger partial charge < -0.3 is 36.8 Å². The Kier molecular flexibility index (Phi) is 13.6. The van der Waals surface area contributed by atoms with Crippen molar-refractivity contribution >= 4 is 48.4 Å². The summed E-state index contributed by atoms with van der Waals surface area (Å²) in [6, 6.07) is 6.19. The first kappa shape index (κ1) is 32.9. The summed E-state index contributed by atoms with van der Waals surface area (Å²) in [5.41, 5.74) is 12.7. The van der Waals surface area contributed by atoms with E-state index in [0.29, 0.717) is 19.4 Å². The van der Waals surface area contributed by atoms with Crippen LogP contribution in [0.4, 0.5) is 10.5 Å². The summed E-state index contributed by atoms with van der Waals surface area (Å²) in [4.78, 5) is 37.9. The van der Waals surface area contributed by atoms with Gasteiger partial charge in [0.05, 0.1) is 25.3 Å². The molecule has 1 aromatic rings. The van der Waals surface area contributed by atoms with Crippen molar-refractivity contribution in [2.24, 2.45) is 16.9 Å². The van der Waals surface area contributed by atoms with E-state index in [4.69, 9.17) is 16.2 Å². The van der Waals surface area contributed by atoms with Crippen molar-refractivity contribution in [2.45, 2.75) is 64.3 Å². The number of nitrogens with two attached hydrogens (primary N) is 2. The first-order valence-corrected chi connectivity index (χ1v) is 11.1. The van der Waals surface area contributed by atoms with E-state index >= 15 is 0 Å². The monoisotopic (exact) mass is 535 g/mol. The molecular formula is C23H39Cl2N5O5. The van der Waals surface area contributed by atoms with Crippen molar-refractivity contribution in [3.8, 4) is 0 Å². The summed E-state index contributed by atoms with van der Waals surface area (Å²) in [7, 11) is 1.30. The molecule has 2 unspecified atom stereocenters. The molecule has 12 heteroatoms. The highest BCUT2D eigenvalue weighted by molar-refractivity contribution is 5.95. The lowest BCUT2D eigenvalue weighted by Gasteiger charge is -2.37. The number of halogens is 2. The molecule has 4 atom stereocenters. The maximum Gasteiger partial charge on any atom is 0.407 e. The second-order valence-corrected chi connectivity index (χ2v) is 9.48. The average Bonchev–Trinajstić information content (AvgIpc) is 2.75. The van der Waals surface area contributed by atoms with Gasteiger partial charge in [-0.1, -0.05) is 32.0 Å². The summed E-state index contributed by atoms with van der Waals surface area (Å²) < 4.78 is 4.71. The number of ether oxygens (including phenoxy) is 1. The van der Waals surface area contributed by atoms with E-state index in [9.17, 15) is 19.5 Å². The number of aliphatic hydroxyl groups is 1. The van der Waals surface area contributed by atoms with Gasteiger partial charge in [0.1, 0.15) is 0 Å². The number of nitrogens with zero attached hydrogens (tertiary/aromatic N) is 1. The highest BCUT2D eigenvalue weighted by Gasteiger charge is 2.34. The zero-order valence-electron chi connectivity index (χ0n) is 20.7. The van der Waals surface area contributed by atoms with Crippen molar-refractivity contribution in [2.75, 3.05) is 25.1 Å². The Bertz CT molecular complexity index is 857. The Hall–Kier alpha value is -2.11. The van der Waals surface area contributed by atoms with Gasteiger partial charge in [-0.2, -0.15) is 0 Å². The Labute approximate surface area is 219 Å². The Morgan fingerprint density at radius 2 is 1.89 bits per heavy atom. The smallest absolute Gasteiger partial charge is 0.407 e. The molecule has 0 saturated carbocycles. The van der Waals surface area contributed by atoms with E-state index in [1.807, 2.05) is 38.1 Å². The Morgan fingerprint density at radius 1 is 1.26 bits per heavy atom. The quantitative estimate of drug-likeness (QED) is 0.299. The highest BCUT2D eigenvalue weighted by Crippen LogP contribution is 2.32. The molecule has 0 aliphatic carbocycles. The lowest BCUT2D eigenvalue weighted by Crippen LogP contribution is -2.51. The molecule has 0 fully saturated rings. The number of amides is 3. The molecule has 35 heavy (non-hydrogen) atoms. The number of para-hydroxylation sites is 1. The molecule has 0 radical (unpaired) electrons. The number of fused-ring (bicyclic) bond motifs is 1. The fourth-order valence-corrected chi connectivity index (χ4v) is 4.05. The molecule has 1 heterocycles. The van der Waals surface area contributed by atoms with E-state index in [1.165, 1.54) is 7.11 Å². The molecule has 3 amide bonds. The number of nitrogens with one attached hydrogen (secondary N) is 2. The Morgan fingerprint density at radius 3 is 2.49 bits per heavy atom. The summed E-state index contributed by atoms with van der Waals surface area (Å²) in [5.74, 6) is -0.602. The van der Waals surface area contributed by atoms with Crippen LogP contribution in [-0.4, -0.2) is 67.4 Å². The minimum Gasteiger partial charge on any atom is -0.453 e. The van der Waals surface area contributed by atoms with Crippen molar-refractivity contribution in [3.63, 3.8) is 0 Å². The third-order valence-corrected chi connectivity index (χ3v) is 5.93. The third kappa shape index (κ3) is 9.81. The van der Waals surface area contributed by atoms with E-state index in [-0.39, 0.29) is 49.7 Å². The van der Waals surface area contributed by atoms with E-state index in [2.05, 4.69) is 10.6 Å². The predicted molar refractivity (Wildman–Crippen MR) is 140 cm³/mol. The van der Waals surface area contributed by atoms with Gasteiger partial charge in [-0.25, -0.2) is 4.79 Å². The van der Waals surface area contributed by atoms with Crippen LogP contribution >= 0.6 is 24.8 Å². The third-order valence-electron chi connectivity index (χ3n) is 5.93. The van der Waals surface area contributed by atoms with Gasteiger partial charge in [-0.15, -0.1) is 24.8 Å². The van der Waals surface area contributed by atoms with E-state index in [0.717, 1.165) is 11.3 Å². The standard InChI is InChI=1S/C23H37N5O5.2ClH/c1-14(21(25)31)26-12-19(29)17(24)10-23(2,3)11-20(30)28-13-16(27-22(32)33-4)9-15-7-5-6-8-18(15)28;;/h5-8,14,16-17,19,26,29H,9-13,24H2,1-4H3,(H2,25,31)(H,27,32);2*1H/t14?,16?,17-,19-;;/m0../s1. The lowest BCUT2D eigenvalue weighted by molar-refractivity contribution is -0.121. The molecule has 0 saturated heterocycles. The number of carbonyl (C=O) groups is 3. The molecule has 7 N–H and O–H groups in total. The van der Waals surface area contributed by atoms with Gasteiger partial charge in [-0.3, -0.25) is 9.59 Å². The second kappa shape index (κ2) is 14.4. The molecule has 0 spiro atoms. The van der Waals surface area contributed by atoms with Crippen molar-refractivity contribution in [1.82, 2.24) is 10.6 Å². The van der Waals surface area contributed by atoms with Crippen LogP contribution in [0.1, 0.15) is 39.2 Å². The number of hydrogen-bond donors (Lipinski definition) is 5. The molecule has 200 valence electrons. The van der Waals surface area contributed by atoms with Gasteiger partial charge in [0.25, 0.3) is 0 Å². The minimum atomic E-state index is -0.898. The van der Waals surface area contributed by atoms with Gasteiger partial charge in [0.15, 0.2) is 0 Å². The zero-order valence-corrected chi connectivity index (χ0v) is 22.3. The van der Waals surface area contributed by atoms with Crippen LogP contribution in [0.5, 0.6) is 0 Å². The number of carbonyl (C=O) groups excluding carboxylic acids is 3. The Balaban J connectivity index is 0.00000578. The summed E-state index contributed by atoms with van der Waals surface area (Å²) in [6.07, 6.45) is -0.229. The van der Waals surface area contributed by atoms with Crippen LogP contribution in [0.3, 0.4) is 0 Å². The molecule has 0 bridgehead atoms. The van der Waals surface area contributed by atoms with Crippen molar-refractivity contribution in [3.05, 3.63) is 29.8 Å². The fourth-order valence-electron chi connectivity index (χ4n) is 4.05. The van der Waals surface area contributed by atoms with Crippen LogP contribution in [0.25, 0.3) is 0 Å². The summed E-state index contributed by atoms with van der Waals surface area (Å²) >= 11 is 0. The van der Waals surface area contributed by atoms with Crippen molar-refractivity contribution in [1.29, 1.82) is 0 Å². The van der Waals surface area contributed by atoms with Crippen molar-refractivity contribution < 1.29 is 24.2 Å². The summed E-state index contributed by atoms with van der Waals surface area (Å²) in [5, 5.41) is 16.0. The van der Waals surface area contributed by atoms with Crippen LogP contribution in [0, 0.1) is 5.41 Å². The predicted octanol–water partition coefficient (Wildman–Crippen LogP) is 1.10. The van der Waals surface area contributed by atoms with Gasteiger partial charge in [0.2, 0.25) is 11.8 Å². The molecule has 1 aliphatic heterocycles. The summed E-state index contributed by atoms with van der Waals surface area (Å²) in [6.45, 7) is 5.93. The molecule has 1 aliphatic rings. The van der Waals surface area contributed by atoms with Crippen LogP contribution in [0.2, 0.25) is 0 Å². The fraction of sp³-hybridized carbons (Fsp3) is 0.609. The highest BCUT2D eigenvalue weighted by atomic mass is 35.5. The largest absolute Gasteiger partial charge is 0.453 e. The topological polar surface area (TPSA) is 160 Å². The van der Waals surface area contributed by atoms with Crippen LogP contribution < -0.4 is 27.0 Å². The van der Waals surface area contributed by atoms with E-state index in [1.54, 1.807) is 11.8 Å². The molecule has 10 nitrogen and oxygen atoms in total. The number of anilines is 1. The van der Waals surface area contributed by atoms with Crippen LogP contribution in [0.15, 0.2) is 24.3 Å². The average molecular weight is 537 g/mol. The first-order chi connectivity index (χ1) is 15.4. The number of hydrogen-bond acceptors (Lipinski definition) is 7. The maximum absolute atomic E-state index is 13.3. The number of aliphatic hydroxyl groups excluding tert-OH is 1. The zero-order chi connectivity index (χ0) is 24.8. The molecule has 2 rings (SSSR count). The SMILES string of the molecule is COC(=O)NC1Cc2ccccc2N(C(=O)CC(C)(C)C[C@H](N)[C@@H](O)CNC(C)C(N)=O)C1.Cl.Cl. The lowest BCUT2D eigenvalue weighted by atomic mass is 9.80. The number of benzene rings is 1. The number of primary amides is 1. The molecule has 1 aromatic carbocycles. The molecular weight excluding hydrogens is 497 g/mol. The first-order valence-electron chi connectivity index (χ1n) is 11.1. The normalized spacial score (nSPS) is 17.5. The van der Waals surface area contributed by atoms with Gasteiger partial charge in [0, 0.05) is 31.2 Å². The van der Waals surface area contributed by atoms with Crippen LogP contribution in [-0.2, 0) is 20.7 Å². The minimum absolute atomic E-state index is 0. The number of methoxy groups -OCH3 is 1. The van der Waals surface area contributed by atoms with Gasteiger partial charge >= 0.3 is 6.09 Å². The van der Waals surface area contributed by atoms with Gasteiger partial charge in [-0.05, 0) is 36.8 Å². The van der Waals surface area contributed by atoms with E-state index < -0.39 is 35.6 Å². The number of rotatable bonds is 10. The number of alkyl carbamates (subject to hydrolysis) is 1.